The number of furan rings is 1. The smallest absolute Gasteiger partial charge is 0.120 e. The van der Waals surface area contributed by atoms with Crippen LogP contribution in [0.15, 0.2) is 22.8 Å². The number of nitrogens with two attached hydrogens (primary N) is 1. The van der Waals surface area contributed by atoms with E-state index in [1.165, 1.54) is 25.9 Å². The van der Waals surface area contributed by atoms with Crippen molar-refractivity contribution in [3.8, 4) is 0 Å². The summed E-state index contributed by atoms with van der Waals surface area (Å²) in [4.78, 5) is 2.52. The monoisotopic (exact) mass is 208 g/mol. The summed E-state index contributed by atoms with van der Waals surface area (Å²) in [6.07, 6.45) is 6.59. The van der Waals surface area contributed by atoms with Crippen molar-refractivity contribution in [2.75, 3.05) is 19.6 Å². The van der Waals surface area contributed by atoms with E-state index < -0.39 is 0 Å². The first-order valence-corrected chi connectivity index (χ1v) is 5.89. The summed E-state index contributed by atoms with van der Waals surface area (Å²) in [5.74, 6) is 1.10. The Labute approximate surface area is 91.2 Å². The van der Waals surface area contributed by atoms with E-state index in [0.29, 0.717) is 6.04 Å². The Morgan fingerprint density at radius 2 is 2.20 bits per heavy atom. The van der Waals surface area contributed by atoms with Crippen LogP contribution in [0.4, 0.5) is 0 Å². The lowest BCUT2D eigenvalue weighted by Gasteiger charge is -2.25. The Bertz CT molecular complexity index is 265. The zero-order valence-corrected chi connectivity index (χ0v) is 9.19. The number of nitrogens with zero attached hydrogens (tertiary/aromatic N) is 1. The highest BCUT2D eigenvalue weighted by Gasteiger charge is 2.24. The van der Waals surface area contributed by atoms with Crippen molar-refractivity contribution in [3.05, 3.63) is 24.2 Å². The maximum absolute atomic E-state index is 5.58. The summed E-state index contributed by atoms with van der Waals surface area (Å²) < 4.78 is 5.52. The third-order valence-corrected chi connectivity index (χ3v) is 3.13. The highest BCUT2D eigenvalue weighted by molar-refractivity contribution is 5.05. The van der Waals surface area contributed by atoms with E-state index in [4.69, 9.17) is 10.2 Å². The first-order valence-electron chi connectivity index (χ1n) is 5.89. The van der Waals surface area contributed by atoms with Gasteiger partial charge in [0.2, 0.25) is 0 Å². The molecule has 84 valence electrons. The zero-order valence-electron chi connectivity index (χ0n) is 9.19. The fraction of sp³-hybridized carbons (Fsp3) is 0.667. The average molecular weight is 208 g/mol. The summed E-state index contributed by atoms with van der Waals surface area (Å²) in [5.41, 5.74) is 5.58. The molecule has 1 aliphatic rings. The molecule has 1 aromatic rings. The minimum absolute atomic E-state index is 0.450. The number of rotatable bonds is 5. The standard InChI is InChI=1S/C12H20N2O/c13-7-3-5-11(12-6-4-10-15-12)14-8-1-2-9-14/h4,6,10-11H,1-3,5,7-9,13H2. The van der Waals surface area contributed by atoms with Gasteiger partial charge in [0.05, 0.1) is 12.3 Å². The molecule has 1 atom stereocenters. The Morgan fingerprint density at radius 1 is 1.40 bits per heavy atom. The van der Waals surface area contributed by atoms with Crippen LogP contribution in [0.5, 0.6) is 0 Å². The van der Waals surface area contributed by atoms with E-state index in [2.05, 4.69) is 11.0 Å². The molecular weight excluding hydrogens is 188 g/mol. The molecule has 0 radical (unpaired) electrons. The second-order valence-electron chi connectivity index (χ2n) is 4.21. The lowest BCUT2D eigenvalue weighted by molar-refractivity contribution is 0.202. The van der Waals surface area contributed by atoms with Gasteiger partial charge < -0.3 is 10.2 Å². The first kappa shape index (κ1) is 10.7. The van der Waals surface area contributed by atoms with Crippen LogP contribution in [0, 0.1) is 0 Å². The molecule has 0 aromatic carbocycles. The largest absolute Gasteiger partial charge is 0.468 e. The molecule has 3 nitrogen and oxygen atoms in total. The molecular formula is C12H20N2O. The molecule has 1 unspecified atom stereocenters. The molecule has 1 aromatic heterocycles. The minimum Gasteiger partial charge on any atom is -0.468 e. The highest BCUT2D eigenvalue weighted by atomic mass is 16.3. The predicted molar refractivity (Wildman–Crippen MR) is 60.5 cm³/mol. The van der Waals surface area contributed by atoms with Crippen molar-refractivity contribution < 1.29 is 4.42 Å². The summed E-state index contributed by atoms with van der Waals surface area (Å²) in [6, 6.07) is 4.51. The Balaban J connectivity index is 2.01. The third-order valence-electron chi connectivity index (χ3n) is 3.13. The van der Waals surface area contributed by atoms with Crippen LogP contribution < -0.4 is 5.73 Å². The van der Waals surface area contributed by atoms with Crippen LogP contribution in [-0.2, 0) is 0 Å². The maximum atomic E-state index is 5.58. The van der Waals surface area contributed by atoms with Gasteiger partial charge in [-0.2, -0.15) is 0 Å². The summed E-state index contributed by atoms with van der Waals surface area (Å²) in [5, 5.41) is 0. The van der Waals surface area contributed by atoms with Crippen LogP contribution in [0.1, 0.15) is 37.5 Å². The number of hydrogen-bond acceptors (Lipinski definition) is 3. The Kier molecular flexibility index (Phi) is 3.80. The van der Waals surface area contributed by atoms with Crippen molar-refractivity contribution in [1.82, 2.24) is 4.90 Å². The Morgan fingerprint density at radius 3 is 2.80 bits per heavy atom. The minimum atomic E-state index is 0.450. The Hall–Kier alpha value is -0.800. The SMILES string of the molecule is NCCCC(c1ccco1)N1CCCC1. The van der Waals surface area contributed by atoms with Gasteiger partial charge in [-0.05, 0) is 57.5 Å². The van der Waals surface area contributed by atoms with Crippen molar-refractivity contribution in [2.24, 2.45) is 5.73 Å². The second-order valence-corrected chi connectivity index (χ2v) is 4.21. The summed E-state index contributed by atoms with van der Waals surface area (Å²) in [7, 11) is 0. The summed E-state index contributed by atoms with van der Waals surface area (Å²) in [6.45, 7) is 3.18. The molecule has 2 heterocycles. The lowest BCUT2D eigenvalue weighted by Crippen LogP contribution is -2.25. The van der Waals surface area contributed by atoms with Crippen LogP contribution >= 0.6 is 0 Å². The zero-order chi connectivity index (χ0) is 10.5. The molecule has 2 rings (SSSR count). The van der Waals surface area contributed by atoms with Gasteiger partial charge in [-0.15, -0.1) is 0 Å². The molecule has 0 aliphatic carbocycles. The van der Waals surface area contributed by atoms with Crippen molar-refractivity contribution in [2.45, 2.75) is 31.7 Å². The number of hydrogen-bond donors (Lipinski definition) is 1. The maximum Gasteiger partial charge on any atom is 0.120 e. The molecule has 2 N–H and O–H groups in total. The van der Waals surface area contributed by atoms with Gasteiger partial charge in [0.25, 0.3) is 0 Å². The van der Waals surface area contributed by atoms with Gasteiger partial charge in [-0.3, -0.25) is 4.90 Å². The van der Waals surface area contributed by atoms with Gasteiger partial charge in [0, 0.05) is 0 Å². The van der Waals surface area contributed by atoms with E-state index in [1.807, 2.05) is 6.07 Å². The van der Waals surface area contributed by atoms with Crippen LogP contribution in [-0.4, -0.2) is 24.5 Å². The topological polar surface area (TPSA) is 42.4 Å². The van der Waals surface area contributed by atoms with Gasteiger partial charge >= 0.3 is 0 Å². The average Bonchev–Trinajstić information content (AvgIpc) is 2.90. The molecule has 1 saturated heterocycles. The second kappa shape index (κ2) is 5.33. The van der Waals surface area contributed by atoms with E-state index in [1.54, 1.807) is 6.26 Å². The predicted octanol–water partition coefficient (Wildman–Crippen LogP) is 2.16. The normalized spacial score (nSPS) is 19.5. The molecule has 3 heteroatoms. The lowest BCUT2D eigenvalue weighted by atomic mass is 10.1. The van der Waals surface area contributed by atoms with Gasteiger partial charge in [0.1, 0.15) is 5.76 Å². The summed E-state index contributed by atoms with van der Waals surface area (Å²) >= 11 is 0. The molecule has 0 spiro atoms. The van der Waals surface area contributed by atoms with Crippen LogP contribution in [0.25, 0.3) is 0 Å². The molecule has 1 aliphatic heterocycles. The van der Waals surface area contributed by atoms with Crippen molar-refractivity contribution in [1.29, 1.82) is 0 Å². The highest BCUT2D eigenvalue weighted by Crippen LogP contribution is 2.29. The fourth-order valence-electron chi connectivity index (χ4n) is 2.35. The molecule has 15 heavy (non-hydrogen) atoms. The molecule has 0 bridgehead atoms. The van der Waals surface area contributed by atoms with E-state index in [0.717, 1.165) is 25.1 Å². The van der Waals surface area contributed by atoms with Gasteiger partial charge in [-0.1, -0.05) is 0 Å². The van der Waals surface area contributed by atoms with Crippen molar-refractivity contribution in [3.63, 3.8) is 0 Å². The third kappa shape index (κ3) is 2.61. The fourth-order valence-corrected chi connectivity index (χ4v) is 2.35. The molecule has 0 saturated carbocycles. The van der Waals surface area contributed by atoms with Gasteiger partial charge in [0.15, 0.2) is 0 Å². The number of likely N-dealkylation sites (tertiary alicyclic amines) is 1. The molecule has 0 amide bonds. The first-order chi connectivity index (χ1) is 7.42. The molecule has 1 fully saturated rings. The van der Waals surface area contributed by atoms with Crippen LogP contribution in [0.2, 0.25) is 0 Å². The van der Waals surface area contributed by atoms with Crippen molar-refractivity contribution >= 4 is 0 Å². The quantitative estimate of drug-likeness (QED) is 0.806. The van der Waals surface area contributed by atoms with Crippen LogP contribution in [0.3, 0.4) is 0 Å². The van der Waals surface area contributed by atoms with E-state index in [9.17, 15) is 0 Å². The van der Waals surface area contributed by atoms with E-state index >= 15 is 0 Å². The van der Waals surface area contributed by atoms with Gasteiger partial charge in [-0.25, -0.2) is 0 Å². The van der Waals surface area contributed by atoms with E-state index in [-0.39, 0.29) is 0 Å².